The Labute approximate surface area is 121 Å². The Morgan fingerprint density at radius 2 is 1.95 bits per heavy atom. The first-order valence-corrected chi connectivity index (χ1v) is 7.07. The van der Waals surface area contributed by atoms with Gasteiger partial charge >= 0.3 is 5.97 Å². The Balaban J connectivity index is 2.41. The Bertz CT molecular complexity index is 619. The maximum atomic E-state index is 11.9. The number of rotatable bonds is 4. The second kappa shape index (κ2) is 6.34. The summed E-state index contributed by atoms with van der Waals surface area (Å²) < 4.78 is 5.02. The van der Waals surface area contributed by atoms with Gasteiger partial charge in [0.05, 0.1) is 12.3 Å². The van der Waals surface area contributed by atoms with E-state index in [1.807, 2.05) is 30.3 Å². The number of amides is 1. The van der Waals surface area contributed by atoms with E-state index in [-0.39, 0.29) is 5.91 Å². The van der Waals surface area contributed by atoms with E-state index >= 15 is 0 Å². The van der Waals surface area contributed by atoms with Crippen molar-refractivity contribution in [3.8, 4) is 10.4 Å². The van der Waals surface area contributed by atoms with E-state index in [0.29, 0.717) is 17.2 Å². The zero-order chi connectivity index (χ0) is 14.5. The predicted molar refractivity (Wildman–Crippen MR) is 80.0 cm³/mol. The van der Waals surface area contributed by atoms with Gasteiger partial charge in [-0.2, -0.15) is 0 Å². The van der Waals surface area contributed by atoms with Crippen LogP contribution in [0, 0.1) is 0 Å². The van der Waals surface area contributed by atoms with Crippen molar-refractivity contribution in [1.29, 1.82) is 0 Å². The third-order valence-electron chi connectivity index (χ3n) is 2.56. The van der Waals surface area contributed by atoms with Crippen molar-refractivity contribution in [2.24, 2.45) is 0 Å². The van der Waals surface area contributed by atoms with Gasteiger partial charge in [-0.1, -0.05) is 30.3 Å². The van der Waals surface area contributed by atoms with Crippen LogP contribution in [0.2, 0.25) is 0 Å². The minimum Gasteiger partial charge on any atom is -0.462 e. The minimum absolute atomic E-state index is 0.215. The molecule has 0 bridgehead atoms. The number of ether oxygens (including phenoxy) is 1. The molecule has 0 atom stereocenters. The Hall–Kier alpha value is -2.14. The molecule has 104 valence electrons. The predicted octanol–water partition coefficient (Wildman–Crippen LogP) is 3.55. The molecule has 1 aromatic heterocycles. The molecule has 5 heteroatoms. The van der Waals surface area contributed by atoms with Crippen molar-refractivity contribution < 1.29 is 14.3 Å². The van der Waals surface area contributed by atoms with E-state index < -0.39 is 5.97 Å². The van der Waals surface area contributed by atoms with Crippen molar-refractivity contribution in [3.05, 3.63) is 41.3 Å². The zero-order valence-electron chi connectivity index (χ0n) is 11.3. The summed E-state index contributed by atoms with van der Waals surface area (Å²) in [6.07, 6.45) is 0. The number of anilines is 1. The van der Waals surface area contributed by atoms with E-state index in [1.165, 1.54) is 18.3 Å². The summed E-state index contributed by atoms with van der Waals surface area (Å²) in [6.45, 7) is 3.47. The number of thiophene rings is 1. The van der Waals surface area contributed by atoms with Gasteiger partial charge in [0.1, 0.15) is 4.88 Å². The summed E-state index contributed by atoms with van der Waals surface area (Å²) in [5, 5.41) is 2.67. The lowest BCUT2D eigenvalue weighted by Gasteiger charge is -2.03. The van der Waals surface area contributed by atoms with E-state index in [2.05, 4.69) is 5.32 Å². The van der Waals surface area contributed by atoms with Crippen LogP contribution in [0.1, 0.15) is 23.5 Å². The van der Waals surface area contributed by atoms with Crippen molar-refractivity contribution in [3.63, 3.8) is 0 Å². The SMILES string of the molecule is CCOC(=O)c1sc(-c2ccccc2)cc1NC(C)=O. The molecule has 1 amide bonds. The number of hydrogen-bond donors (Lipinski definition) is 1. The first-order valence-electron chi connectivity index (χ1n) is 6.25. The van der Waals surface area contributed by atoms with Gasteiger partial charge in [-0.15, -0.1) is 11.3 Å². The highest BCUT2D eigenvalue weighted by atomic mass is 32.1. The van der Waals surface area contributed by atoms with Crippen LogP contribution in [0.25, 0.3) is 10.4 Å². The molecule has 1 aromatic carbocycles. The number of carbonyl (C=O) groups excluding carboxylic acids is 2. The van der Waals surface area contributed by atoms with Crippen molar-refractivity contribution in [2.75, 3.05) is 11.9 Å². The van der Waals surface area contributed by atoms with Gasteiger partial charge in [-0.3, -0.25) is 4.79 Å². The van der Waals surface area contributed by atoms with E-state index in [9.17, 15) is 9.59 Å². The van der Waals surface area contributed by atoms with Crippen LogP contribution in [0.4, 0.5) is 5.69 Å². The molecule has 0 fully saturated rings. The van der Waals surface area contributed by atoms with Crippen molar-refractivity contribution in [2.45, 2.75) is 13.8 Å². The third kappa shape index (κ3) is 3.24. The molecule has 0 aliphatic rings. The number of esters is 1. The Kier molecular flexibility index (Phi) is 4.53. The fraction of sp³-hybridized carbons (Fsp3) is 0.200. The van der Waals surface area contributed by atoms with Gasteiger partial charge in [-0.05, 0) is 18.6 Å². The minimum atomic E-state index is -0.413. The van der Waals surface area contributed by atoms with Gasteiger partial charge in [0.15, 0.2) is 0 Å². The normalized spacial score (nSPS) is 10.1. The topological polar surface area (TPSA) is 55.4 Å². The van der Waals surface area contributed by atoms with Crippen LogP contribution < -0.4 is 5.32 Å². The summed E-state index contributed by atoms with van der Waals surface area (Å²) >= 11 is 1.31. The lowest BCUT2D eigenvalue weighted by Crippen LogP contribution is -2.10. The molecule has 2 aromatic rings. The Morgan fingerprint density at radius 3 is 2.55 bits per heavy atom. The summed E-state index contributed by atoms with van der Waals surface area (Å²) in [5.74, 6) is -0.628. The molecular formula is C15H15NO3S. The molecule has 0 spiro atoms. The lowest BCUT2D eigenvalue weighted by atomic mass is 10.2. The highest BCUT2D eigenvalue weighted by Gasteiger charge is 2.18. The maximum absolute atomic E-state index is 11.9. The van der Waals surface area contributed by atoms with Crippen LogP contribution in [-0.2, 0) is 9.53 Å². The fourth-order valence-electron chi connectivity index (χ4n) is 1.77. The highest BCUT2D eigenvalue weighted by molar-refractivity contribution is 7.18. The average molecular weight is 289 g/mol. The quantitative estimate of drug-likeness (QED) is 0.876. The zero-order valence-corrected chi connectivity index (χ0v) is 12.1. The summed E-state index contributed by atoms with van der Waals surface area (Å²) in [6, 6.07) is 11.5. The third-order valence-corrected chi connectivity index (χ3v) is 3.73. The molecule has 1 N–H and O–H groups in total. The van der Waals surface area contributed by atoms with Gasteiger partial charge < -0.3 is 10.1 Å². The lowest BCUT2D eigenvalue weighted by molar-refractivity contribution is -0.114. The number of nitrogens with one attached hydrogen (secondary N) is 1. The largest absolute Gasteiger partial charge is 0.462 e. The monoisotopic (exact) mass is 289 g/mol. The number of benzene rings is 1. The van der Waals surface area contributed by atoms with Crippen LogP contribution in [0.3, 0.4) is 0 Å². The molecule has 0 unspecified atom stereocenters. The van der Waals surface area contributed by atoms with Gasteiger partial charge in [-0.25, -0.2) is 4.79 Å². The van der Waals surface area contributed by atoms with Gasteiger partial charge in [0, 0.05) is 11.8 Å². The molecular weight excluding hydrogens is 274 g/mol. The molecule has 0 saturated carbocycles. The number of carbonyl (C=O) groups is 2. The van der Waals surface area contributed by atoms with Gasteiger partial charge in [0.25, 0.3) is 0 Å². The molecule has 20 heavy (non-hydrogen) atoms. The van der Waals surface area contributed by atoms with E-state index in [1.54, 1.807) is 13.0 Å². The summed E-state index contributed by atoms with van der Waals surface area (Å²) in [4.78, 5) is 24.5. The molecule has 0 aliphatic carbocycles. The van der Waals surface area contributed by atoms with Crippen molar-refractivity contribution >= 4 is 28.9 Å². The van der Waals surface area contributed by atoms with E-state index in [0.717, 1.165) is 10.4 Å². The molecule has 2 rings (SSSR count). The molecule has 0 radical (unpaired) electrons. The smallest absolute Gasteiger partial charge is 0.350 e. The van der Waals surface area contributed by atoms with Gasteiger partial charge in [0.2, 0.25) is 5.91 Å². The standard InChI is InChI=1S/C15H15NO3S/c1-3-19-15(18)14-12(16-10(2)17)9-13(20-14)11-7-5-4-6-8-11/h4-9H,3H2,1-2H3,(H,16,17). The van der Waals surface area contributed by atoms with Crippen LogP contribution >= 0.6 is 11.3 Å². The first kappa shape index (κ1) is 14.3. The maximum Gasteiger partial charge on any atom is 0.350 e. The molecule has 0 saturated heterocycles. The highest BCUT2D eigenvalue weighted by Crippen LogP contribution is 2.35. The average Bonchev–Trinajstić information content (AvgIpc) is 2.83. The van der Waals surface area contributed by atoms with Crippen molar-refractivity contribution in [1.82, 2.24) is 0 Å². The second-order valence-corrected chi connectivity index (χ2v) is 5.17. The molecule has 4 nitrogen and oxygen atoms in total. The van der Waals surface area contributed by atoms with Crippen LogP contribution in [0.15, 0.2) is 36.4 Å². The first-order chi connectivity index (χ1) is 9.61. The summed E-state index contributed by atoms with van der Waals surface area (Å²) in [5.41, 5.74) is 1.50. The van der Waals surface area contributed by atoms with Crippen LogP contribution in [-0.4, -0.2) is 18.5 Å². The molecule has 1 heterocycles. The number of hydrogen-bond acceptors (Lipinski definition) is 4. The second-order valence-electron chi connectivity index (χ2n) is 4.12. The van der Waals surface area contributed by atoms with E-state index in [4.69, 9.17) is 4.74 Å². The molecule has 0 aliphatic heterocycles. The fourth-order valence-corrected chi connectivity index (χ4v) is 2.78. The summed E-state index contributed by atoms with van der Waals surface area (Å²) in [7, 11) is 0. The Morgan fingerprint density at radius 1 is 1.25 bits per heavy atom. The van der Waals surface area contributed by atoms with Crippen LogP contribution in [0.5, 0.6) is 0 Å².